The van der Waals surface area contributed by atoms with Crippen LogP contribution in [0.1, 0.15) is 43.6 Å². The van der Waals surface area contributed by atoms with Gasteiger partial charge in [-0.05, 0) is 55.2 Å². The van der Waals surface area contributed by atoms with Crippen molar-refractivity contribution >= 4 is 5.97 Å². The van der Waals surface area contributed by atoms with Crippen molar-refractivity contribution in [3.63, 3.8) is 0 Å². The van der Waals surface area contributed by atoms with Crippen LogP contribution in [0.4, 0.5) is 0 Å². The van der Waals surface area contributed by atoms with Crippen molar-refractivity contribution in [2.24, 2.45) is 5.92 Å². The summed E-state index contributed by atoms with van der Waals surface area (Å²) < 4.78 is 5.70. The molecule has 2 aliphatic rings. The quantitative estimate of drug-likeness (QED) is 0.838. The Balaban J connectivity index is 1.70. The second kappa shape index (κ2) is 4.63. The number of ether oxygens (including phenoxy) is 1. The Morgan fingerprint density at radius 3 is 2.39 bits per heavy atom. The van der Waals surface area contributed by atoms with E-state index in [9.17, 15) is 4.79 Å². The first-order chi connectivity index (χ1) is 8.72. The van der Waals surface area contributed by atoms with Crippen LogP contribution in [0.5, 0.6) is 5.75 Å². The molecule has 1 aromatic carbocycles. The highest BCUT2D eigenvalue weighted by Gasteiger charge is 2.33. The molecule has 1 unspecified atom stereocenters. The molecule has 1 aromatic rings. The molecule has 96 valence electrons. The summed E-state index contributed by atoms with van der Waals surface area (Å²) in [5.74, 6) is 0.949. The molecular formula is C15H18O3. The van der Waals surface area contributed by atoms with E-state index in [2.05, 4.69) is 0 Å². The van der Waals surface area contributed by atoms with Gasteiger partial charge in [-0.2, -0.15) is 0 Å². The lowest BCUT2D eigenvalue weighted by Gasteiger charge is -2.15. The van der Waals surface area contributed by atoms with E-state index < -0.39 is 5.97 Å². The van der Waals surface area contributed by atoms with Crippen LogP contribution in [0.25, 0.3) is 0 Å². The first-order valence-electron chi connectivity index (χ1n) is 6.71. The average molecular weight is 246 g/mol. The lowest BCUT2D eigenvalue weighted by Crippen LogP contribution is -2.08. The minimum absolute atomic E-state index is 0.178. The van der Waals surface area contributed by atoms with E-state index >= 15 is 0 Å². The molecule has 0 aromatic heterocycles. The van der Waals surface area contributed by atoms with E-state index in [0.717, 1.165) is 37.0 Å². The van der Waals surface area contributed by atoms with Crippen LogP contribution >= 0.6 is 0 Å². The highest BCUT2D eigenvalue weighted by atomic mass is 16.5. The van der Waals surface area contributed by atoms with Gasteiger partial charge in [0.15, 0.2) is 0 Å². The van der Waals surface area contributed by atoms with Gasteiger partial charge >= 0.3 is 5.97 Å². The van der Waals surface area contributed by atoms with Gasteiger partial charge in [0, 0.05) is 0 Å². The van der Waals surface area contributed by atoms with Crippen molar-refractivity contribution < 1.29 is 14.6 Å². The topological polar surface area (TPSA) is 46.5 Å². The van der Waals surface area contributed by atoms with Crippen molar-refractivity contribution in [3.05, 3.63) is 29.8 Å². The predicted molar refractivity (Wildman–Crippen MR) is 67.8 cm³/mol. The third kappa shape index (κ3) is 2.84. The molecule has 2 fully saturated rings. The van der Waals surface area contributed by atoms with Crippen LogP contribution in [0.15, 0.2) is 24.3 Å². The number of benzene rings is 1. The summed E-state index contributed by atoms with van der Waals surface area (Å²) in [6.07, 6.45) is 5.30. The van der Waals surface area contributed by atoms with Crippen LogP contribution in [0.3, 0.4) is 0 Å². The molecule has 0 heterocycles. The largest absolute Gasteiger partial charge is 0.490 e. The molecule has 1 atom stereocenters. The van der Waals surface area contributed by atoms with Gasteiger partial charge in [0.25, 0.3) is 0 Å². The van der Waals surface area contributed by atoms with Gasteiger partial charge in [0.1, 0.15) is 5.75 Å². The van der Waals surface area contributed by atoms with E-state index in [1.165, 1.54) is 0 Å². The van der Waals surface area contributed by atoms with Crippen LogP contribution in [-0.2, 0) is 4.79 Å². The van der Waals surface area contributed by atoms with E-state index in [-0.39, 0.29) is 12.3 Å². The number of carboxylic acids is 1. The number of carbonyl (C=O) groups is 1. The molecule has 0 aliphatic heterocycles. The fourth-order valence-corrected chi connectivity index (χ4v) is 2.42. The highest BCUT2D eigenvalue weighted by molar-refractivity contribution is 5.68. The van der Waals surface area contributed by atoms with Crippen molar-refractivity contribution in [3.8, 4) is 5.75 Å². The van der Waals surface area contributed by atoms with Crippen molar-refractivity contribution in [1.29, 1.82) is 0 Å². The fourth-order valence-electron chi connectivity index (χ4n) is 2.42. The normalized spacial score (nSPS) is 20.4. The Kier molecular flexibility index (Phi) is 2.98. The summed E-state index contributed by atoms with van der Waals surface area (Å²) in [6.45, 7) is 0. The van der Waals surface area contributed by atoms with Gasteiger partial charge in [-0.1, -0.05) is 12.1 Å². The molecule has 0 spiro atoms. The molecule has 0 radical (unpaired) electrons. The Hall–Kier alpha value is -1.51. The van der Waals surface area contributed by atoms with Crippen molar-refractivity contribution in [1.82, 2.24) is 0 Å². The second-order valence-corrected chi connectivity index (χ2v) is 5.43. The number of aliphatic carboxylic acids is 1. The molecule has 2 saturated carbocycles. The molecule has 18 heavy (non-hydrogen) atoms. The first kappa shape index (κ1) is 11.6. The summed E-state index contributed by atoms with van der Waals surface area (Å²) in [5, 5.41) is 8.98. The Morgan fingerprint density at radius 1 is 1.22 bits per heavy atom. The molecule has 1 N–H and O–H groups in total. The van der Waals surface area contributed by atoms with Gasteiger partial charge in [-0.15, -0.1) is 0 Å². The minimum atomic E-state index is -0.704. The summed E-state index contributed by atoms with van der Waals surface area (Å²) in [7, 11) is 0. The zero-order valence-electron chi connectivity index (χ0n) is 10.3. The fraction of sp³-hybridized carbons (Fsp3) is 0.533. The van der Waals surface area contributed by atoms with Gasteiger partial charge in [-0.25, -0.2) is 0 Å². The monoisotopic (exact) mass is 246 g/mol. The Bertz CT molecular complexity index is 430. The summed E-state index contributed by atoms with van der Waals surface area (Å²) in [4.78, 5) is 10.9. The van der Waals surface area contributed by atoms with Gasteiger partial charge in [0.2, 0.25) is 0 Å². The van der Waals surface area contributed by atoms with Gasteiger partial charge in [0.05, 0.1) is 12.5 Å². The summed E-state index contributed by atoms with van der Waals surface area (Å²) in [5.41, 5.74) is 1.14. The van der Waals surface area contributed by atoms with Gasteiger partial charge < -0.3 is 9.84 Å². The van der Waals surface area contributed by atoms with Crippen LogP contribution in [-0.4, -0.2) is 17.2 Å². The van der Waals surface area contributed by atoms with Gasteiger partial charge in [-0.3, -0.25) is 4.79 Å². The smallest absolute Gasteiger partial charge is 0.303 e. The van der Waals surface area contributed by atoms with Crippen LogP contribution < -0.4 is 4.74 Å². The zero-order valence-corrected chi connectivity index (χ0v) is 10.3. The SMILES string of the molecule is O=C(O)CC(c1ccc(OC2CC2)cc1)C1CC1. The molecule has 0 amide bonds. The number of rotatable bonds is 6. The minimum Gasteiger partial charge on any atom is -0.490 e. The molecule has 2 aliphatic carbocycles. The number of carboxylic acid groups (broad SMARTS) is 1. The molecular weight excluding hydrogens is 228 g/mol. The average Bonchev–Trinajstić information content (AvgIpc) is 3.21. The first-order valence-corrected chi connectivity index (χ1v) is 6.71. The van der Waals surface area contributed by atoms with Crippen molar-refractivity contribution in [2.75, 3.05) is 0 Å². The molecule has 3 nitrogen and oxygen atoms in total. The maximum Gasteiger partial charge on any atom is 0.303 e. The van der Waals surface area contributed by atoms with E-state index in [1.54, 1.807) is 0 Å². The van der Waals surface area contributed by atoms with Crippen LogP contribution in [0, 0.1) is 5.92 Å². The standard InChI is InChI=1S/C15H18O3/c16-15(17)9-14(10-1-2-10)11-3-5-12(6-4-11)18-13-7-8-13/h3-6,10,13-14H,1-2,7-9H2,(H,16,17). The van der Waals surface area contributed by atoms with E-state index in [1.807, 2.05) is 24.3 Å². The third-order valence-electron chi connectivity index (χ3n) is 3.72. The molecule has 0 saturated heterocycles. The number of hydrogen-bond donors (Lipinski definition) is 1. The maximum atomic E-state index is 10.9. The highest BCUT2D eigenvalue weighted by Crippen LogP contribution is 2.44. The second-order valence-electron chi connectivity index (χ2n) is 5.43. The third-order valence-corrected chi connectivity index (χ3v) is 3.72. The predicted octanol–water partition coefficient (Wildman–Crippen LogP) is 3.20. The summed E-state index contributed by atoms with van der Waals surface area (Å²) >= 11 is 0. The van der Waals surface area contributed by atoms with Crippen molar-refractivity contribution in [2.45, 2.75) is 44.1 Å². The lowest BCUT2D eigenvalue weighted by atomic mass is 9.91. The lowest BCUT2D eigenvalue weighted by molar-refractivity contribution is -0.137. The van der Waals surface area contributed by atoms with E-state index in [0.29, 0.717) is 12.0 Å². The summed E-state index contributed by atoms with van der Waals surface area (Å²) in [6, 6.07) is 8.02. The Morgan fingerprint density at radius 2 is 1.89 bits per heavy atom. The zero-order chi connectivity index (χ0) is 12.5. The number of hydrogen-bond acceptors (Lipinski definition) is 2. The Labute approximate surface area is 107 Å². The maximum absolute atomic E-state index is 10.9. The van der Waals surface area contributed by atoms with Crippen LogP contribution in [0.2, 0.25) is 0 Å². The molecule has 3 rings (SSSR count). The molecule has 0 bridgehead atoms. The molecule has 3 heteroatoms. The van der Waals surface area contributed by atoms with E-state index in [4.69, 9.17) is 9.84 Å².